The summed E-state index contributed by atoms with van der Waals surface area (Å²) in [6, 6.07) is 14.2. The topological polar surface area (TPSA) is 55.4 Å². The molecular formula is C26H35N3O4. The van der Waals surface area contributed by atoms with Gasteiger partial charge in [0.2, 0.25) is 0 Å². The monoisotopic (exact) mass is 453 g/mol. The van der Waals surface area contributed by atoms with E-state index in [9.17, 15) is 0 Å². The van der Waals surface area contributed by atoms with Gasteiger partial charge in [-0.25, -0.2) is 0 Å². The van der Waals surface area contributed by atoms with Gasteiger partial charge in [-0.15, -0.1) is 0 Å². The van der Waals surface area contributed by atoms with Crippen LogP contribution in [0.5, 0.6) is 17.2 Å². The summed E-state index contributed by atoms with van der Waals surface area (Å²) >= 11 is 0. The van der Waals surface area contributed by atoms with Gasteiger partial charge in [-0.1, -0.05) is 12.1 Å². The molecule has 4 rings (SSSR count). The molecule has 2 aromatic rings. The lowest BCUT2D eigenvalue weighted by atomic mass is 10.1. The van der Waals surface area contributed by atoms with Gasteiger partial charge in [-0.2, -0.15) is 0 Å². The van der Waals surface area contributed by atoms with E-state index in [1.165, 1.54) is 5.69 Å². The Morgan fingerprint density at radius 3 is 2.52 bits per heavy atom. The zero-order valence-electron chi connectivity index (χ0n) is 19.9. The molecular weight excluding hydrogens is 418 g/mol. The number of nitrogens with zero attached hydrogens (tertiary/aromatic N) is 2. The highest BCUT2D eigenvalue weighted by Crippen LogP contribution is 2.32. The van der Waals surface area contributed by atoms with E-state index in [-0.39, 0.29) is 6.10 Å². The first-order valence-corrected chi connectivity index (χ1v) is 11.8. The van der Waals surface area contributed by atoms with Gasteiger partial charge in [0.1, 0.15) is 11.9 Å². The molecule has 1 fully saturated rings. The minimum absolute atomic E-state index is 0.0763. The van der Waals surface area contributed by atoms with Crippen LogP contribution in [-0.4, -0.2) is 64.6 Å². The van der Waals surface area contributed by atoms with E-state index in [1.807, 2.05) is 31.2 Å². The summed E-state index contributed by atoms with van der Waals surface area (Å²) in [6.07, 6.45) is 4.31. The van der Waals surface area contributed by atoms with E-state index in [1.54, 1.807) is 14.2 Å². The lowest BCUT2D eigenvalue weighted by molar-refractivity contribution is 0.0438. The number of hydroxylamine groups is 1. The maximum absolute atomic E-state index is 5.81. The Balaban J connectivity index is 1.23. The molecule has 2 aliphatic rings. The molecule has 0 spiro atoms. The van der Waals surface area contributed by atoms with Gasteiger partial charge in [0, 0.05) is 31.7 Å². The molecule has 1 unspecified atom stereocenters. The maximum Gasteiger partial charge on any atom is 0.161 e. The summed E-state index contributed by atoms with van der Waals surface area (Å²) < 4.78 is 16.5. The predicted octanol–water partition coefficient (Wildman–Crippen LogP) is 3.95. The molecule has 0 amide bonds. The molecule has 7 heteroatoms. The van der Waals surface area contributed by atoms with Crippen LogP contribution in [0.3, 0.4) is 0 Å². The van der Waals surface area contributed by atoms with Crippen molar-refractivity contribution in [2.45, 2.75) is 25.9 Å². The van der Waals surface area contributed by atoms with Crippen LogP contribution in [0.25, 0.3) is 5.70 Å². The van der Waals surface area contributed by atoms with E-state index >= 15 is 0 Å². The number of rotatable bonds is 10. The number of hydrogen-bond acceptors (Lipinski definition) is 7. The number of ether oxygens (including phenoxy) is 3. The number of piperazine rings is 1. The zero-order valence-corrected chi connectivity index (χ0v) is 19.9. The summed E-state index contributed by atoms with van der Waals surface area (Å²) in [5, 5.41) is 0. The highest BCUT2D eigenvalue weighted by atomic mass is 16.7. The van der Waals surface area contributed by atoms with Crippen molar-refractivity contribution in [3.8, 4) is 17.2 Å². The molecule has 0 radical (unpaired) electrons. The summed E-state index contributed by atoms with van der Waals surface area (Å²) in [7, 11) is 3.29. The summed E-state index contributed by atoms with van der Waals surface area (Å²) in [5.74, 6) is 2.42. The molecule has 2 aliphatic heterocycles. The van der Waals surface area contributed by atoms with E-state index in [2.05, 4.69) is 39.6 Å². The second-order valence-corrected chi connectivity index (χ2v) is 8.28. The number of hydrogen-bond donors (Lipinski definition) is 1. The Kier molecular flexibility index (Phi) is 7.96. The average molecular weight is 454 g/mol. The van der Waals surface area contributed by atoms with Crippen molar-refractivity contribution in [1.82, 2.24) is 10.4 Å². The zero-order chi connectivity index (χ0) is 23.0. The van der Waals surface area contributed by atoms with E-state index in [0.717, 1.165) is 68.3 Å². The third-order valence-electron chi connectivity index (χ3n) is 6.21. The summed E-state index contributed by atoms with van der Waals surface area (Å²) in [6.45, 7) is 7.99. The maximum atomic E-state index is 5.81. The van der Waals surface area contributed by atoms with Crippen LogP contribution in [0, 0.1) is 0 Å². The van der Waals surface area contributed by atoms with Crippen molar-refractivity contribution in [3.63, 3.8) is 0 Å². The van der Waals surface area contributed by atoms with Crippen molar-refractivity contribution in [2.24, 2.45) is 0 Å². The van der Waals surface area contributed by atoms with Gasteiger partial charge in [-0.3, -0.25) is 15.2 Å². The number of nitrogens with one attached hydrogen (secondary N) is 1. The first kappa shape index (κ1) is 23.3. The third-order valence-corrected chi connectivity index (χ3v) is 6.21. The Labute approximate surface area is 196 Å². The van der Waals surface area contributed by atoms with Crippen LogP contribution in [-0.2, 0) is 4.84 Å². The number of methoxy groups -OCH3 is 2. The average Bonchev–Trinajstić information content (AvgIpc) is 3.33. The van der Waals surface area contributed by atoms with Gasteiger partial charge in [0.15, 0.2) is 11.5 Å². The van der Waals surface area contributed by atoms with Crippen LogP contribution in [0.2, 0.25) is 0 Å². The Bertz CT molecular complexity index is 941. The molecule has 2 heterocycles. The Morgan fingerprint density at radius 2 is 1.76 bits per heavy atom. The van der Waals surface area contributed by atoms with Crippen LogP contribution in [0.4, 0.5) is 5.69 Å². The largest absolute Gasteiger partial charge is 0.493 e. The highest BCUT2D eigenvalue weighted by Gasteiger charge is 2.21. The van der Waals surface area contributed by atoms with Gasteiger partial charge in [0.05, 0.1) is 32.2 Å². The number of para-hydroxylation sites is 2. The van der Waals surface area contributed by atoms with Crippen LogP contribution in [0.1, 0.15) is 25.3 Å². The van der Waals surface area contributed by atoms with Gasteiger partial charge < -0.3 is 19.1 Å². The van der Waals surface area contributed by atoms with Gasteiger partial charge in [0.25, 0.3) is 0 Å². The SMILES string of the molecule is CCOc1ccccc1N1CCN(CCCC2C=C(c3ccc(OC)c(OC)c3)NO2)CC1. The molecule has 0 aromatic heterocycles. The van der Waals surface area contributed by atoms with E-state index in [4.69, 9.17) is 19.0 Å². The van der Waals surface area contributed by atoms with Crippen LogP contribution in [0.15, 0.2) is 48.5 Å². The minimum Gasteiger partial charge on any atom is -0.493 e. The number of anilines is 1. The summed E-state index contributed by atoms with van der Waals surface area (Å²) in [4.78, 5) is 10.8. The molecule has 2 aromatic carbocycles. The predicted molar refractivity (Wildman–Crippen MR) is 131 cm³/mol. The molecule has 0 bridgehead atoms. The van der Waals surface area contributed by atoms with Crippen molar-refractivity contribution in [2.75, 3.05) is 58.5 Å². The fourth-order valence-electron chi connectivity index (χ4n) is 4.42. The van der Waals surface area contributed by atoms with Crippen molar-refractivity contribution in [1.29, 1.82) is 0 Å². The van der Waals surface area contributed by atoms with Gasteiger partial charge in [-0.05, 0) is 62.7 Å². The van der Waals surface area contributed by atoms with Crippen LogP contribution >= 0.6 is 0 Å². The van der Waals surface area contributed by atoms with Crippen molar-refractivity contribution < 1.29 is 19.0 Å². The van der Waals surface area contributed by atoms with Gasteiger partial charge >= 0.3 is 0 Å². The normalized spacial score (nSPS) is 18.6. The van der Waals surface area contributed by atoms with Crippen LogP contribution < -0.4 is 24.6 Å². The molecule has 178 valence electrons. The second kappa shape index (κ2) is 11.3. The highest BCUT2D eigenvalue weighted by molar-refractivity contribution is 5.67. The molecule has 1 N–H and O–H groups in total. The Hall–Kier alpha value is -2.90. The van der Waals surface area contributed by atoms with Crippen molar-refractivity contribution in [3.05, 3.63) is 54.1 Å². The molecule has 1 saturated heterocycles. The van der Waals surface area contributed by atoms with E-state index in [0.29, 0.717) is 12.4 Å². The fraction of sp³-hybridized carbons (Fsp3) is 0.462. The lowest BCUT2D eigenvalue weighted by Gasteiger charge is -2.36. The minimum atomic E-state index is 0.0763. The fourth-order valence-corrected chi connectivity index (χ4v) is 4.42. The molecule has 1 atom stereocenters. The second-order valence-electron chi connectivity index (χ2n) is 8.28. The molecule has 0 saturated carbocycles. The lowest BCUT2D eigenvalue weighted by Crippen LogP contribution is -2.46. The quantitative estimate of drug-likeness (QED) is 0.585. The molecule has 33 heavy (non-hydrogen) atoms. The Morgan fingerprint density at radius 1 is 0.970 bits per heavy atom. The van der Waals surface area contributed by atoms with Crippen molar-refractivity contribution >= 4 is 11.4 Å². The smallest absolute Gasteiger partial charge is 0.161 e. The van der Waals surface area contributed by atoms with E-state index < -0.39 is 0 Å². The first-order valence-electron chi connectivity index (χ1n) is 11.8. The molecule has 7 nitrogen and oxygen atoms in total. The molecule has 0 aliphatic carbocycles. The third kappa shape index (κ3) is 5.72. The number of benzene rings is 2. The first-order chi connectivity index (χ1) is 16.2. The summed E-state index contributed by atoms with van der Waals surface area (Å²) in [5.41, 5.74) is 6.28. The standard InChI is InChI=1S/C26H35N3O4/c1-4-32-24-10-6-5-9-23(24)29-16-14-28(15-17-29)13-7-8-21-19-22(27-33-21)20-11-12-25(30-2)26(18-20)31-3/h5-6,9-12,18-19,21,27H,4,7-8,13-17H2,1-3H3.